The maximum atomic E-state index is 8.82. The van der Waals surface area contributed by atoms with Gasteiger partial charge in [0.2, 0.25) is 0 Å². The summed E-state index contributed by atoms with van der Waals surface area (Å²) in [4.78, 5) is 0. The zero-order chi connectivity index (χ0) is 12.1. The van der Waals surface area contributed by atoms with Crippen LogP contribution in [-0.2, 0) is 13.0 Å². The SMILES string of the molecule is CCc1cc(OC)c(OC)c(CNO)c1Br. The van der Waals surface area contributed by atoms with E-state index in [1.54, 1.807) is 14.2 Å². The van der Waals surface area contributed by atoms with E-state index in [1.807, 2.05) is 6.07 Å². The number of aryl methyl sites for hydroxylation is 1. The van der Waals surface area contributed by atoms with Crippen LogP contribution < -0.4 is 15.0 Å². The predicted octanol–water partition coefficient (Wildman–Crippen LogP) is 2.51. The Morgan fingerprint density at radius 3 is 2.50 bits per heavy atom. The minimum absolute atomic E-state index is 0.300. The minimum atomic E-state index is 0.300. The third-order valence-electron chi connectivity index (χ3n) is 2.41. The Morgan fingerprint density at radius 1 is 1.38 bits per heavy atom. The van der Waals surface area contributed by atoms with Gasteiger partial charge >= 0.3 is 0 Å². The summed E-state index contributed by atoms with van der Waals surface area (Å²) in [6, 6.07) is 1.93. The highest BCUT2D eigenvalue weighted by Gasteiger charge is 2.16. The molecule has 90 valence electrons. The summed E-state index contributed by atoms with van der Waals surface area (Å²) < 4.78 is 11.5. The van der Waals surface area contributed by atoms with Gasteiger partial charge in [-0.25, -0.2) is 5.48 Å². The van der Waals surface area contributed by atoms with Crippen molar-refractivity contribution in [3.63, 3.8) is 0 Å². The van der Waals surface area contributed by atoms with Gasteiger partial charge in [-0.15, -0.1) is 0 Å². The molecule has 0 fully saturated rings. The highest BCUT2D eigenvalue weighted by Crippen LogP contribution is 2.38. The second-order valence-corrected chi connectivity index (χ2v) is 4.05. The molecule has 0 aliphatic rings. The average molecular weight is 290 g/mol. The average Bonchev–Trinajstić information content (AvgIpc) is 2.31. The largest absolute Gasteiger partial charge is 0.493 e. The monoisotopic (exact) mass is 289 g/mol. The lowest BCUT2D eigenvalue weighted by Gasteiger charge is -2.16. The number of hydrogen-bond donors (Lipinski definition) is 2. The summed E-state index contributed by atoms with van der Waals surface area (Å²) in [6.07, 6.45) is 0.874. The number of nitrogens with one attached hydrogen (secondary N) is 1. The van der Waals surface area contributed by atoms with Crippen molar-refractivity contribution in [2.24, 2.45) is 0 Å². The molecular weight excluding hydrogens is 274 g/mol. The van der Waals surface area contributed by atoms with E-state index in [4.69, 9.17) is 14.7 Å². The standard InChI is InChI=1S/C11H16BrNO3/c1-4-7-5-9(15-2)11(16-3)8(6-13-14)10(7)12/h5,13-14H,4,6H2,1-3H3. The number of hydrogen-bond acceptors (Lipinski definition) is 4. The number of methoxy groups -OCH3 is 2. The Kier molecular flexibility index (Phi) is 5.05. The summed E-state index contributed by atoms with van der Waals surface area (Å²) >= 11 is 3.51. The molecule has 0 aliphatic heterocycles. The maximum absolute atomic E-state index is 8.82. The molecule has 0 aromatic heterocycles. The van der Waals surface area contributed by atoms with Crippen LogP contribution >= 0.6 is 15.9 Å². The van der Waals surface area contributed by atoms with Crippen LogP contribution in [0, 0.1) is 0 Å². The predicted molar refractivity (Wildman–Crippen MR) is 65.3 cm³/mol. The van der Waals surface area contributed by atoms with Crippen LogP contribution in [0.2, 0.25) is 0 Å². The van der Waals surface area contributed by atoms with Crippen molar-refractivity contribution in [1.29, 1.82) is 0 Å². The molecule has 1 aromatic rings. The fraction of sp³-hybridized carbons (Fsp3) is 0.455. The molecule has 0 saturated heterocycles. The topological polar surface area (TPSA) is 50.7 Å². The molecule has 4 nitrogen and oxygen atoms in total. The van der Waals surface area contributed by atoms with Crippen molar-refractivity contribution in [2.45, 2.75) is 19.9 Å². The van der Waals surface area contributed by atoms with E-state index in [-0.39, 0.29) is 0 Å². The third-order valence-corrected chi connectivity index (χ3v) is 3.40. The molecule has 0 saturated carbocycles. The molecule has 0 atom stereocenters. The fourth-order valence-corrected chi connectivity index (χ4v) is 2.31. The first-order valence-corrected chi connectivity index (χ1v) is 5.78. The smallest absolute Gasteiger partial charge is 0.166 e. The summed E-state index contributed by atoms with van der Waals surface area (Å²) in [5, 5.41) is 8.82. The highest BCUT2D eigenvalue weighted by molar-refractivity contribution is 9.10. The van der Waals surface area contributed by atoms with Gasteiger partial charge < -0.3 is 14.7 Å². The van der Waals surface area contributed by atoms with E-state index in [0.29, 0.717) is 18.0 Å². The zero-order valence-electron chi connectivity index (χ0n) is 9.63. The lowest BCUT2D eigenvalue weighted by molar-refractivity contribution is 0.159. The van der Waals surface area contributed by atoms with Crippen LogP contribution in [0.3, 0.4) is 0 Å². The second-order valence-electron chi connectivity index (χ2n) is 3.25. The van der Waals surface area contributed by atoms with E-state index < -0.39 is 0 Å². The van der Waals surface area contributed by atoms with Crippen LogP contribution in [0.5, 0.6) is 11.5 Å². The quantitative estimate of drug-likeness (QED) is 0.818. The van der Waals surface area contributed by atoms with Gasteiger partial charge in [0.15, 0.2) is 11.5 Å². The van der Waals surface area contributed by atoms with Crippen LogP contribution in [0.15, 0.2) is 10.5 Å². The minimum Gasteiger partial charge on any atom is -0.493 e. The van der Waals surface area contributed by atoms with Crippen molar-refractivity contribution in [3.8, 4) is 11.5 Å². The number of rotatable bonds is 5. The van der Waals surface area contributed by atoms with Crippen molar-refractivity contribution < 1.29 is 14.7 Å². The van der Waals surface area contributed by atoms with Crippen molar-refractivity contribution in [1.82, 2.24) is 5.48 Å². The van der Waals surface area contributed by atoms with E-state index in [1.165, 1.54) is 0 Å². The van der Waals surface area contributed by atoms with Gasteiger partial charge in [-0.1, -0.05) is 22.9 Å². The van der Waals surface area contributed by atoms with Gasteiger partial charge in [-0.2, -0.15) is 0 Å². The van der Waals surface area contributed by atoms with Crippen molar-refractivity contribution in [2.75, 3.05) is 14.2 Å². The van der Waals surface area contributed by atoms with E-state index in [0.717, 1.165) is 22.0 Å². The molecule has 0 radical (unpaired) electrons. The van der Waals surface area contributed by atoms with Crippen LogP contribution in [0.1, 0.15) is 18.1 Å². The van der Waals surface area contributed by atoms with Crippen molar-refractivity contribution >= 4 is 15.9 Å². The van der Waals surface area contributed by atoms with Gasteiger partial charge in [-0.05, 0) is 18.1 Å². The van der Waals surface area contributed by atoms with Gasteiger partial charge in [0.05, 0.1) is 20.8 Å². The van der Waals surface area contributed by atoms with E-state index in [2.05, 4.69) is 28.3 Å². The van der Waals surface area contributed by atoms with Gasteiger partial charge in [0.25, 0.3) is 0 Å². The highest BCUT2D eigenvalue weighted by atomic mass is 79.9. The molecule has 1 aromatic carbocycles. The molecule has 16 heavy (non-hydrogen) atoms. The zero-order valence-corrected chi connectivity index (χ0v) is 11.2. The molecular formula is C11H16BrNO3. The Balaban J connectivity index is 3.38. The van der Waals surface area contributed by atoms with Gasteiger partial charge in [0.1, 0.15) is 0 Å². The van der Waals surface area contributed by atoms with Crippen LogP contribution in [0.25, 0.3) is 0 Å². The molecule has 0 unspecified atom stereocenters. The number of halogens is 1. The number of ether oxygens (including phenoxy) is 2. The van der Waals surface area contributed by atoms with Crippen LogP contribution in [0.4, 0.5) is 0 Å². The van der Waals surface area contributed by atoms with E-state index in [9.17, 15) is 0 Å². The molecule has 0 heterocycles. The number of hydroxylamine groups is 1. The van der Waals surface area contributed by atoms with Crippen molar-refractivity contribution in [3.05, 3.63) is 21.7 Å². The molecule has 0 bridgehead atoms. The first-order valence-electron chi connectivity index (χ1n) is 4.98. The van der Waals surface area contributed by atoms with E-state index >= 15 is 0 Å². The summed E-state index contributed by atoms with van der Waals surface area (Å²) in [7, 11) is 3.18. The Bertz CT molecular complexity index is 369. The molecule has 0 aliphatic carbocycles. The third kappa shape index (κ3) is 2.48. The molecule has 0 amide bonds. The molecule has 5 heteroatoms. The molecule has 2 N–H and O–H groups in total. The fourth-order valence-electron chi connectivity index (χ4n) is 1.60. The van der Waals surface area contributed by atoms with Gasteiger partial charge in [-0.3, -0.25) is 0 Å². The molecule has 1 rings (SSSR count). The summed E-state index contributed by atoms with van der Waals surface area (Å²) in [6.45, 7) is 2.36. The number of benzene rings is 1. The Hall–Kier alpha value is -0.780. The maximum Gasteiger partial charge on any atom is 0.166 e. The second kappa shape index (κ2) is 6.08. The Morgan fingerprint density at radius 2 is 2.06 bits per heavy atom. The van der Waals surface area contributed by atoms with Crippen LogP contribution in [-0.4, -0.2) is 19.4 Å². The van der Waals surface area contributed by atoms with Gasteiger partial charge in [0, 0.05) is 10.0 Å². The first-order chi connectivity index (χ1) is 7.69. The lowest BCUT2D eigenvalue weighted by Crippen LogP contribution is -2.10. The summed E-state index contributed by atoms with van der Waals surface area (Å²) in [5.74, 6) is 1.31. The lowest BCUT2D eigenvalue weighted by atomic mass is 10.1. The normalized spacial score (nSPS) is 10.3. The first kappa shape index (κ1) is 13.3. The molecule has 0 spiro atoms. The summed E-state index contributed by atoms with van der Waals surface area (Å²) in [5.41, 5.74) is 4.10. The Labute approximate surface area is 104 Å².